The molecule has 10 heteroatoms. The van der Waals surface area contributed by atoms with E-state index in [1.807, 2.05) is 6.07 Å². The summed E-state index contributed by atoms with van der Waals surface area (Å²) in [6.45, 7) is 13.7. The molecule has 0 bridgehead atoms. The summed E-state index contributed by atoms with van der Waals surface area (Å²) in [4.78, 5) is 27.7. The summed E-state index contributed by atoms with van der Waals surface area (Å²) in [6, 6.07) is 8.35. The Morgan fingerprint density at radius 3 is 2.59 bits per heavy atom. The van der Waals surface area contributed by atoms with Crippen molar-refractivity contribution in [1.29, 1.82) is 0 Å². The maximum atomic E-state index is 14.7. The van der Waals surface area contributed by atoms with Crippen molar-refractivity contribution in [1.82, 2.24) is 19.8 Å². The van der Waals surface area contributed by atoms with Crippen LogP contribution in [0.3, 0.4) is 0 Å². The van der Waals surface area contributed by atoms with E-state index in [1.54, 1.807) is 12.1 Å². The molecule has 3 aliphatic rings. The van der Waals surface area contributed by atoms with Crippen LogP contribution >= 0.6 is 0 Å². The minimum absolute atomic E-state index is 0.110. The number of aromatic nitrogens is 2. The van der Waals surface area contributed by atoms with Crippen molar-refractivity contribution in [2.75, 3.05) is 57.9 Å². The largest absolute Gasteiger partial charge is 0.494 e. The number of fused-ring (bicyclic) bond motifs is 1. The van der Waals surface area contributed by atoms with Crippen LogP contribution in [0, 0.1) is 12.4 Å². The van der Waals surface area contributed by atoms with Gasteiger partial charge >= 0.3 is 0 Å². The summed E-state index contributed by atoms with van der Waals surface area (Å²) in [5.41, 5.74) is 1.90. The van der Waals surface area contributed by atoms with Gasteiger partial charge in [0.1, 0.15) is 5.82 Å². The van der Waals surface area contributed by atoms with Crippen LogP contribution in [0.25, 0.3) is 21.4 Å². The van der Waals surface area contributed by atoms with Gasteiger partial charge in [0, 0.05) is 38.3 Å². The van der Waals surface area contributed by atoms with Gasteiger partial charge in [0.15, 0.2) is 17.3 Å². The number of methoxy groups -OCH3 is 1. The van der Waals surface area contributed by atoms with Gasteiger partial charge in [-0.1, -0.05) is 0 Å². The molecule has 0 unspecified atom stereocenters. The lowest BCUT2D eigenvalue weighted by atomic mass is 10.0. The highest BCUT2D eigenvalue weighted by Crippen LogP contribution is 2.35. The highest BCUT2D eigenvalue weighted by molar-refractivity contribution is 5.94. The number of ether oxygens (including phenoxy) is 2. The molecule has 2 aromatic carbocycles. The number of anilines is 1. The molecule has 3 aromatic rings. The second-order valence-electron chi connectivity index (χ2n) is 10.4. The van der Waals surface area contributed by atoms with Gasteiger partial charge in [-0.2, -0.15) is 0 Å². The molecule has 0 radical (unpaired) electrons. The quantitative estimate of drug-likeness (QED) is 0.501. The third kappa shape index (κ3) is 4.86. The number of rotatable bonds is 5. The summed E-state index contributed by atoms with van der Waals surface area (Å²) < 4.78 is 26.9. The molecule has 0 saturated carbocycles. The predicted octanol–water partition coefficient (Wildman–Crippen LogP) is 3.81. The van der Waals surface area contributed by atoms with Gasteiger partial charge in [-0.3, -0.25) is 14.3 Å². The first-order valence-corrected chi connectivity index (χ1v) is 13.7. The standard InChI is InChI=1S/C29H33FN6O3/c1-31-19-16-22-27(25(17-19)35-10-7-20(8-11-35)34-12-14-39-15-13-34)33-28(24-4-3-9-32-24)36(29(22)37)21-5-6-26(38-2)23(30)18-21/h5-6,16-18,20,24,32H,3-4,7-15H2,2H3/t24-/m1/s1. The molecule has 1 atom stereocenters. The zero-order chi connectivity index (χ0) is 26.9. The van der Waals surface area contributed by atoms with Crippen LogP contribution in [0.2, 0.25) is 0 Å². The highest BCUT2D eigenvalue weighted by Gasteiger charge is 2.29. The molecule has 0 amide bonds. The molecule has 9 nitrogen and oxygen atoms in total. The number of nitrogens with one attached hydrogen (secondary N) is 1. The average molecular weight is 533 g/mol. The summed E-state index contributed by atoms with van der Waals surface area (Å²) in [5, 5.41) is 3.82. The normalized spacial score (nSPS) is 20.8. The summed E-state index contributed by atoms with van der Waals surface area (Å²) >= 11 is 0. The smallest absolute Gasteiger partial charge is 0.264 e. The third-order valence-corrected chi connectivity index (χ3v) is 8.23. The van der Waals surface area contributed by atoms with Crippen molar-refractivity contribution in [2.45, 2.75) is 37.8 Å². The van der Waals surface area contributed by atoms with E-state index in [9.17, 15) is 9.18 Å². The van der Waals surface area contributed by atoms with Crippen molar-refractivity contribution in [3.63, 3.8) is 0 Å². The first kappa shape index (κ1) is 25.7. The molecule has 39 heavy (non-hydrogen) atoms. The number of morpholine rings is 1. The van der Waals surface area contributed by atoms with Gasteiger partial charge in [0.25, 0.3) is 5.56 Å². The van der Waals surface area contributed by atoms with Crippen LogP contribution < -0.4 is 20.5 Å². The zero-order valence-corrected chi connectivity index (χ0v) is 22.2. The van der Waals surface area contributed by atoms with E-state index >= 15 is 0 Å². The predicted molar refractivity (Wildman–Crippen MR) is 148 cm³/mol. The fourth-order valence-electron chi connectivity index (χ4n) is 6.18. The molecule has 1 N–H and O–H groups in total. The van der Waals surface area contributed by atoms with Crippen molar-refractivity contribution in [3.05, 3.63) is 63.7 Å². The van der Waals surface area contributed by atoms with Crippen molar-refractivity contribution in [3.8, 4) is 11.4 Å². The monoisotopic (exact) mass is 532 g/mol. The Bertz CT molecular complexity index is 1460. The van der Waals surface area contributed by atoms with E-state index < -0.39 is 5.82 Å². The molecule has 0 spiro atoms. The van der Waals surface area contributed by atoms with Crippen LogP contribution in [0.1, 0.15) is 37.5 Å². The van der Waals surface area contributed by atoms with Gasteiger partial charge in [-0.15, -0.1) is 0 Å². The Hall–Kier alpha value is -3.52. The van der Waals surface area contributed by atoms with Gasteiger partial charge < -0.3 is 19.7 Å². The number of nitrogens with zero attached hydrogens (tertiary/aromatic N) is 5. The first-order valence-electron chi connectivity index (χ1n) is 13.7. The van der Waals surface area contributed by atoms with Gasteiger partial charge in [-0.05, 0) is 56.5 Å². The number of halogens is 1. The molecule has 3 fully saturated rings. The molecule has 4 heterocycles. The zero-order valence-electron chi connectivity index (χ0n) is 22.2. The van der Waals surface area contributed by atoms with Crippen LogP contribution in [0.5, 0.6) is 5.75 Å². The number of benzene rings is 2. The third-order valence-electron chi connectivity index (χ3n) is 8.23. The maximum Gasteiger partial charge on any atom is 0.264 e. The van der Waals surface area contributed by atoms with E-state index in [4.69, 9.17) is 21.0 Å². The van der Waals surface area contributed by atoms with Crippen molar-refractivity contribution >= 4 is 22.3 Å². The minimum atomic E-state index is -0.550. The summed E-state index contributed by atoms with van der Waals surface area (Å²) in [6.07, 6.45) is 3.80. The molecule has 6 rings (SSSR count). The maximum absolute atomic E-state index is 14.7. The SMILES string of the molecule is [C-]#[N+]c1cc(N2CCC(N3CCOCC3)CC2)c2nc([C@H]3CCCN3)n(-c3ccc(OC)c(F)c3)c(=O)c2c1. The second-order valence-corrected chi connectivity index (χ2v) is 10.4. The lowest BCUT2D eigenvalue weighted by molar-refractivity contribution is 0.0115. The Balaban J connectivity index is 1.45. The van der Waals surface area contributed by atoms with E-state index in [1.165, 1.54) is 23.8 Å². The lowest BCUT2D eigenvalue weighted by Crippen LogP contribution is -2.49. The molecular formula is C29H33FN6O3. The number of hydrogen-bond donors (Lipinski definition) is 1. The van der Waals surface area contributed by atoms with E-state index in [0.717, 1.165) is 77.3 Å². The Morgan fingerprint density at radius 1 is 1.13 bits per heavy atom. The van der Waals surface area contributed by atoms with E-state index in [0.29, 0.717) is 34.1 Å². The summed E-state index contributed by atoms with van der Waals surface area (Å²) in [7, 11) is 1.41. The number of hydrogen-bond acceptors (Lipinski definition) is 7. The van der Waals surface area contributed by atoms with Crippen LogP contribution in [0.15, 0.2) is 35.1 Å². The highest BCUT2D eigenvalue weighted by atomic mass is 19.1. The molecule has 3 saturated heterocycles. The Kier molecular flexibility index (Phi) is 7.21. The van der Waals surface area contributed by atoms with Crippen LogP contribution in [-0.2, 0) is 4.74 Å². The lowest BCUT2D eigenvalue weighted by Gasteiger charge is -2.41. The van der Waals surface area contributed by atoms with E-state index in [-0.39, 0.29) is 17.4 Å². The fourth-order valence-corrected chi connectivity index (χ4v) is 6.18. The molecule has 204 valence electrons. The Labute approximate surface area is 227 Å². The van der Waals surface area contributed by atoms with Gasteiger partial charge in [0.05, 0.1) is 55.2 Å². The number of piperidine rings is 1. The van der Waals surface area contributed by atoms with Crippen molar-refractivity contribution < 1.29 is 13.9 Å². The van der Waals surface area contributed by atoms with Gasteiger partial charge in [-0.25, -0.2) is 14.2 Å². The fraction of sp³-hybridized carbons (Fsp3) is 0.483. The molecule has 1 aromatic heterocycles. The second kappa shape index (κ2) is 10.9. The molecule has 0 aliphatic carbocycles. The van der Waals surface area contributed by atoms with Gasteiger partial charge in [0.2, 0.25) is 0 Å². The minimum Gasteiger partial charge on any atom is -0.494 e. The summed E-state index contributed by atoms with van der Waals surface area (Å²) in [5.74, 6) is 0.125. The Morgan fingerprint density at radius 2 is 1.92 bits per heavy atom. The molecular weight excluding hydrogens is 499 g/mol. The topological polar surface area (TPSA) is 76.2 Å². The van der Waals surface area contributed by atoms with Crippen LogP contribution in [-0.4, -0.2) is 73.5 Å². The molecule has 3 aliphatic heterocycles. The van der Waals surface area contributed by atoms with Crippen LogP contribution in [0.4, 0.5) is 15.8 Å². The first-order chi connectivity index (χ1) is 19.1. The van der Waals surface area contributed by atoms with Crippen molar-refractivity contribution in [2.24, 2.45) is 0 Å². The average Bonchev–Trinajstić information content (AvgIpc) is 3.52. The van der Waals surface area contributed by atoms with E-state index in [2.05, 4.69) is 20.0 Å².